The number of carbonyl (C=O) groups excluding carboxylic acids is 2. The van der Waals surface area contributed by atoms with Gasteiger partial charge in [-0.25, -0.2) is 4.79 Å². The summed E-state index contributed by atoms with van der Waals surface area (Å²) in [6, 6.07) is 21.5. The average Bonchev–Trinajstić information content (AvgIpc) is 3.22. The number of hydrogen-bond acceptors (Lipinski definition) is 4. The van der Waals surface area contributed by atoms with E-state index in [1.165, 1.54) is 7.11 Å². The van der Waals surface area contributed by atoms with Gasteiger partial charge in [0.15, 0.2) is 6.10 Å². The second kappa shape index (κ2) is 8.55. The van der Waals surface area contributed by atoms with E-state index in [9.17, 15) is 9.59 Å². The standard InChI is InChI=1S/C24H18BrNO4/c1-29-16-11-12-20(25)18(13-16)24(28)30-23(15-7-3-2-4-8-15)22(27)19-14-26-21-10-6-5-9-17(19)21/h2-14,23,26H,1H3. The molecule has 0 saturated heterocycles. The van der Waals surface area contributed by atoms with Crippen molar-refractivity contribution >= 4 is 38.6 Å². The molecule has 1 aromatic heterocycles. The molecule has 1 heterocycles. The number of methoxy groups -OCH3 is 1. The molecule has 3 aromatic carbocycles. The van der Waals surface area contributed by atoms with Crippen LogP contribution in [0.1, 0.15) is 32.4 Å². The number of hydrogen-bond donors (Lipinski definition) is 1. The highest BCUT2D eigenvalue weighted by atomic mass is 79.9. The van der Waals surface area contributed by atoms with Crippen LogP contribution in [0.25, 0.3) is 10.9 Å². The van der Waals surface area contributed by atoms with E-state index in [0.717, 1.165) is 10.9 Å². The molecule has 6 heteroatoms. The molecule has 1 N–H and O–H groups in total. The first-order valence-electron chi connectivity index (χ1n) is 9.28. The number of esters is 1. The van der Waals surface area contributed by atoms with Crippen LogP contribution in [0.15, 0.2) is 83.5 Å². The van der Waals surface area contributed by atoms with Crippen molar-refractivity contribution in [3.63, 3.8) is 0 Å². The fraction of sp³-hybridized carbons (Fsp3) is 0.0833. The second-order valence-corrected chi connectivity index (χ2v) is 7.51. The lowest BCUT2D eigenvalue weighted by molar-refractivity contribution is 0.0279. The van der Waals surface area contributed by atoms with Gasteiger partial charge < -0.3 is 14.5 Å². The summed E-state index contributed by atoms with van der Waals surface area (Å²) in [5, 5.41) is 0.780. The number of fused-ring (bicyclic) bond motifs is 1. The number of Topliss-reactive ketones (excluding diaryl/α,β-unsaturated/α-hetero) is 1. The fourth-order valence-corrected chi connectivity index (χ4v) is 3.68. The van der Waals surface area contributed by atoms with Crippen molar-refractivity contribution in [2.24, 2.45) is 0 Å². The molecular formula is C24H18BrNO4. The van der Waals surface area contributed by atoms with Gasteiger partial charge in [-0.05, 0) is 40.2 Å². The Kier molecular flexibility index (Phi) is 5.68. The number of nitrogens with one attached hydrogen (secondary N) is 1. The van der Waals surface area contributed by atoms with E-state index in [1.807, 2.05) is 30.3 Å². The Hall–Kier alpha value is -3.38. The quantitative estimate of drug-likeness (QED) is 0.293. The van der Waals surface area contributed by atoms with Crippen LogP contribution in [0.3, 0.4) is 0 Å². The van der Waals surface area contributed by atoms with Gasteiger partial charge in [-0.15, -0.1) is 0 Å². The van der Waals surface area contributed by atoms with E-state index in [4.69, 9.17) is 9.47 Å². The van der Waals surface area contributed by atoms with Crippen molar-refractivity contribution in [2.45, 2.75) is 6.10 Å². The molecule has 0 aliphatic rings. The Bertz CT molecular complexity index is 1220. The van der Waals surface area contributed by atoms with Gasteiger partial charge in [0, 0.05) is 32.7 Å². The molecule has 1 atom stereocenters. The predicted molar refractivity (Wildman–Crippen MR) is 118 cm³/mol. The largest absolute Gasteiger partial charge is 0.497 e. The van der Waals surface area contributed by atoms with E-state index < -0.39 is 12.1 Å². The van der Waals surface area contributed by atoms with E-state index in [-0.39, 0.29) is 11.3 Å². The van der Waals surface area contributed by atoms with Crippen molar-refractivity contribution < 1.29 is 19.1 Å². The number of H-pyrrole nitrogens is 1. The van der Waals surface area contributed by atoms with Crippen LogP contribution in [-0.2, 0) is 4.74 Å². The number of ether oxygens (including phenoxy) is 2. The second-order valence-electron chi connectivity index (χ2n) is 6.65. The molecule has 4 rings (SSSR count). The van der Waals surface area contributed by atoms with Crippen LogP contribution in [0.2, 0.25) is 0 Å². The molecule has 0 aliphatic carbocycles. The molecule has 0 amide bonds. The number of benzene rings is 3. The zero-order chi connectivity index (χ0) is 21.1. The van der Waals surface area contributed by atoms with Gasteiger partial charge in [0.2, 0.25) is 5.78 Å². The number of halogens is 1. The minimum absolute atomic E-state index is 0.280. The Labute approximate surface area is 181 Å². The van der Waals surface area contributed by atoms with E-state index >= 15 is 0 Å². The summed E-state index contributed by atoms with van der Waals surface area (Å²) in [6.07, 6.45) is 0.564. The number of carbonyl (C=O) groups is 2. The summed E-state index contributed by atoms with van der Waals surface area (Å²) in [4.78, 5) is 29.5. The van der Waals surface area contributed by atoms with Crippen LogP contribution >= 0.6 is 15.9 Å². The number of rotatable bonds is 6. The first kappa shape index (κ1) is 19.9. The average molecular weight is 464 g/mol. The first-order valence-corrected chi connectivity index (χ1v) is 10.1. The highest BCUT2D eigenvalue weighted by molar-refractivity contribution is 9.10. The first-order chi connectivity index (χ1) is 14.6. The SMILES string of the molecule is COc1ccc(Br)c(C(=O)OC(C(=O)c2c[nH]c3ccccc23)c2ccccc2)c1. The maximum absolute atomic E-state index is 13.5. The highest BCUT2D eigenvalue weighted by Gasteiger charge is 2.29. The summed E-state index contributed by atoms with van der Waals surface area (Å²) < 4.78 is 11.5. The third kappa shape index (κ3) is 3.86. The molecule has 30 heavy (non-hydrogen) atoms. The number of para-hydroxylation sites is 1. The third-order valence-electron chi connectivity index (χ3n) is 4.81. The molecule has 0 fully saturated rings. The topological polar surface area (TPSA) is 68.4 Å². The fourth-order valence-electron chi connectivity index (χ4n) is 3.28. The van der Waals surface area contributed by atoms with Crippen LogP contribution in [0, 0.1) is 0 Å². The lowest BCUT2D eigenvalue weighted by atomic mass is 9.99. The highest BCUT2D eigenvalue weighted by Crippen LogP contribution is 2.30. The molecular weight excluding hydrogens is 446 g/mol. The Morgan fingerprint density at radius 3 is 2.43 bits per heavy atom. The Morgan fingerprint density at radius 1 is 0.933 bits per heavy atom. The normalized spacial score (nSPS) is 11.8. The third-order valence-corrected chi connectivity index (χ3v) is 5.50. The number of aromatic nitrogens is 1. The summed E-state index contributed by atoms with van der Waals surface area (Å²) in [6.45, 7) is 0. The van der Waals surface area contributed by atoms with E-state index in [2.05, 4.69) is 20.9 Å². The van der Waals surface area contributed by atoms with E-state index in [0.29, 0.717) is 21.3 Å². The lowest BCUT2D eigenvalue weighted by Crippen LogP contribution is -2.20. The summed E-state index contributed by atoms with van der Waals surface area (Å²) in [7, 11) is 1.52. The van der Waals surface area contributed by atoms with Crippen LogP contribution in [0.5, 0.6) is 5.75 Å². The van der Waals surface area contributed by atoms with Crippen LogP contribution < -0.4 is 4.74 Å². The molecule has 0 saturated carbocycles. The molecule has 1 unspecified atom stereocenters. The lowest BCUT2D eigenvalue weighted by Gasteiger charge is -2.18. The molecule has 0 spiro atoms. The maximum Gasteiger partial charge on any atom is 0.340 e. The zero-order valence-corrected chi connectivity index (χ0v) is 17.7. The van der Waals surface area contributed by atoms with Gasteiger partial charge in [0.25, 0.3) is 0 Å². The Balaban J connectivity index is 1.72. The van der Waals surface area contributed by atoms with Crippen LogP contribution in [0.4, 0.5) is 0 Å². The van der Waals surface area contributed by atoms with Gasteiger partial charge in [0.1, 0.15) is 5.75 Å². The summed E-state index contributed by atoms with van der Waals surface area (Å²) in [5.41, 5.74) is 2.19. The minimum atomic E-state index is -1.09. The molecule has 0 aliphatic heterocycles. The van der Waals surface area contributed by atoms with Crippen molar-refractivity contribution in [2.75, 3.05) is 7.11 Å². The molecule has 150 valence electrons. The van der Waals surface area contributed by atoms with Crippen molar-refractivity contribution in [1.82, 2.24) is 4.98 Å². The zero-order valence-electron chi connectivity index (χ0n) is 16.1. The van der Waals surface area contributed by atoms with Crippen LogP contribution in [-0.4, -0.2) is 23.8 Å². The molecule has 0 bridgehead atoms. The van der Waals surface area contributed by atoms with Gasteiger partial charge in [-0.1, -0.05) is 48.5 Å². The van der Waals surface area contributed by atoms with Gasteiger partial charge >= 0.3 is 5.97 Å². The molecule has 5 nitrogen and oxygen atoms in total. The maximum atomic E-state index is 13.5. The summed E-state index contributed by atoms with van der Waals surface area (Å²) in [5.74, 6) is -0.404. The summed E-state index contributed by atoms with van der Waals surface area (Å²) >= 11 is 3.37. The van der Waals surface area contributed by atoms with Gasteiger partial charge in [0.05, 0.1) is 12.7 Å². The minimum Gasteiger partial charge on any atom is -0.497 e. The van der Waals surface area contributed by atoms with Crippen molar-refractivity contribution in [3.8, 4) is 5.75 Å². The van der Waals surface area contributed by atoms with Gasteiger partial charge in [-0.3, -0.25) is 4.79 Å². The smallest absolute Gasteiger partial charge is 0.340 e. The van der Waals surface area contributed by atoms with Crippen molar-refractivity contribution in [1.29, 1.82) is 0 Å². The van der Waals surface area contributed by atoms with Gasteiger partial charge in [-0.2, -0.15) is 0 Å². The number of aromatic amines is 1. The van der Waals surface area contributed by atoms with Crippen molar-refractivity contribution in [3.05, 3.63) is 100 Å². The van der Waals surface area contributed by atoms with E-state index in [1.54, 1.807) is 48.7 Å². The molecule has 4 aromatic rings. The monoisotopic (exact) mass is 463 g/mol. The molecule has 0 radical (unpaired) electrons. The Morgan fingerprint density at radius 2 is 1.67 bits per heavy atom. The number of ketones is 1. The predicted octanol–water partition coefficient (Wildman–Crippen LogP) is 5.72.